The van der Waals surface area contributed by atoms with E-state index in [9.17, 15) is 4.79 Å². The van der Waals surface area contributed by atoms with Gasteiger partial charge in [-0.2, -0.15) is 5.10 Å². The number of amides is 1. The van der Waals surface area contributed by atoms with Gasteiger partial charge in [-0.3, -0.25) is 9.48 Å². The van der Waals surface area contributed by atoms with E-state index < -0.39 is 5.91 Å². The van der Waals surface area contributed by atoms with Crippen LogP contribution in [0.15, 0.2) is 65.2 Å². The van der Waals surface area contributed by atoms with Crippen molar-refractivity contribution in [3.63, 3.8) is 0 Å². The van der Waals surface area contributed by atoms with Crippen LogP contribution in [-0.4, -0.2) is 15.7 Å². The molecule has 0 aliphatic carbocycles. The molecule has 4 rings (SSSR count). The molecule has 0 fully saturated rings. The van der Waals surface area contributed by atoms with Crippen LogP contribution in [0.3, 0.4) is 0 Å². The summed E-state index contributed by atoms with van der Waals surface area (Å²) in [7, 11) is 0. The zero-order chi connectivity index (χ0) is 22.7. The number of halogens is 2. The largest absolute Gasteiger partial charge is 0.486 e. The van der Waals surface area contributed by atoms with E-state index in [2.05, 4.69) is 10.4 Å². The van der Waals surface area contributed by atoms with Gasteiger partial charge in [0.25, 0.3) is 5.91 Å². The summed E-state index contributed by atoms with van der Waals surface area (Å²) in [4.78, 5) is 12.6. The Hall–Kier alpha value is -3.22. The van der Waals surface area contributed by atoms with E-state index in [4.69, 9.17) is 32.4 Å². The van der Waals surface area contributed by atoms with Gasteiger partial charge in [0, 0.05) is 11.2 Å². The number of ether oxygens (including phenoxy) is 1. The summed E-state index contributed by atoms with van der Waals surface area (Å²) in [6.07, 6.45) is 1.65. The quantitative estimate of drug-likeness (QED) is 0.345. The predicted octanol–water partition coefficient (Wildman–Crippen LogP) is 6.28. The van der Waals surface area contributed by atoms with Gasteiger partial charge in [-0.1, -0.05) is 41.4 Å². The Kier molecular flexibility index (Phi) is 6.53. The fourth-order valence-corrected chi connectivity index (χ4v) is 3.37. The Morgan fingerprint density at radius 1 is 1.06 bits per heavy atom. The van der Waals surface area contributed by atoms with Crippen LogP contribution in [0.1, 0.15) is 33.0 Å². The van der Waals surface area contributed by atoms with E-state index in [1.807, 2.05) is 56.3 Å². The molecule has 164 valence electrons. The van der Waals surface area contributed by atoms with Crippen molar-refractivity contribution in [2.24, 2.45) is 0 Å². The monoisotopic (exact) mass is 469 g/mol. The molecule has 0 unspecified atom stereocenters. The number of carbonyl (C=O) groups is 1. The van der Waals surface area contributed by atoms with E-state index in [0.717, 1.165) is 16.9 Å². The van der Waals surface area contributed by atoms with Crippen molar-refractivity contribution < 1.29 is 13.9 Å². The second-order valence-corrected chi connectivity index (χ2v) is 8.25. The number of carbonyl (C=O) groups excluding carboxylic acids is 1. The molecule has 0 bridgehead atoms. The average Bonchev–Trinajstić information content (AvgIpc) is 3.37. The normalized spacial score (nSPS) is 10.9. The minimum atomic E-state index is -0.443. The maximum absolute atomic E-state index is 12.6. The van der Waals surface area contributed by atoms with Crippen LogP contribution in [0.5, 0.6) is 5.75 Å². The number of hydrogen-bond donors (Lipinski definition) is 1. The van der Waals surface area contributed by atoms with E-state index in [1.54, 1.807) is 23.0 Å². The smallest absolute Gasteiger partial charge is 0.292 e. The number of rotatable bonds is 7. The molecule has 6 nitrogen and oxygen atoms in total. The molecule has 1 amide bonds. The first-order valence-corrected chi connectivity index (χ1v) is 10.7. The van der Waals surface area contributed by atoms with Crippen molar-refractivity contribution in [3.8, 4) is 5.75 Å². The lowest BCUT2D eigenvalue weighted by Gasteiger charge is -2.06. The molecule has 32 heavy (non-hydrogen) atoms. The van der Waals surface area contributed by atoms with Gasteiger partial charge in [0.05, 0.1) is 6.54 Å². The molecule has 2 aromatic heterocycles. The zero-order valence-electron chi connectivity index (χ0n) is 17.6. The SMILES string of the molecule is Cc1ccc(OCc2ccc(C(=O)Nc3nn(Cc4ccc(Cl)cc4)cc3Cl)o2)cc1C. The standard InChI is InChI=1S/C24H21Cl2N3O3/c1-15-3-8-19(11-16(15)2)31-14-20-9-10-22(32-20)24(30)27-23-21(26)13-29(28-23)12-17-4-6-18(25)7-5-17/h3-11,13H,12,14H2,1-2H3,(H,27,28,30). The summed E-state index contributed by atoms with van der Waals surface area (Å²) in [5.41, 5.74) is 3.35. The second-order valence-electron chi connectivity index (χ2n) is 7.40. The minimum absolute atomic E-state index is 0.145. The van der Waals surface area contributed by atoms with Crippen LogP contribution in [0.25, 0.3) is 0 Å². The number of aromatic nitrogens is 2. The lowest BCUT2D eigenvalue weighted by Crippen LogP contribution is -2.12. The number of hydrogen-bond acceptors (Lipinski definition) is 4. The molecule has 2 heterocycles. The molecule has 0 saturated carbocycles. The minimum Gasteiger partial charge on any atom is -0.486 e. The van der Waals surface area contributed by atoms with Gasteiger partial charge in [0.2, 0.25) is 0 Å². The first-order chi connectivity index (χ1) is 15.4. The van der Waals surface area contributed by atoms with Crippen LogP contribution < -0.4 is 10.1 Å². The first-order valence-electron chi connectivity index (χ1n) is 9.95. The van der Waals surface area contributed by atoms with Crippen LogP contribution in [0.2, 0.25) is 10.0 Å². The topological polar surface area (TPSA) is 69.3 Å². The van der Waals surface area contributed by atoms with Crippen LogP contribution in [0, 0.1) is 13.8 Å². The van der Waals surface area contributed by atoms with Crippen molar-refractivity contribution in [1.29, 1.82) is 0 Å². The van der Waals surface area contributed by atoms with E-state index in [-0.39, 0.29) is 18.2 Å². The molecule has 8 heteroatoms. The van der Waals surface area contributed by atoms with Crippen molar-refractivity contribution in [2.45, 2.75) is 27.0 Å². The molecule has 0 aliphatic heterocycles. The molecule has 2 aromatic carbocycles. The summed E-state index contributed by atoms with van der Waals surface area (Å²) < 4.78 is 13.0. The summed E-state index contributed by atoms with van der Waals surface area (Å²) in [5.74, 6) is 1.24. The predicted molar refractivity (Wildman–Crippen MR) is 125 cm³/mol. The fraction of sp³-hybridized carbons (Fsp3) is 0.167. The highest BCUT2D eigenvalue weighted by molar-refractivity contribution is 6.33. The van der Waals surface area contributed by atoms with Gasteiger partial charge in [0.15, 0.2) is 11.6 Å². The third-order valence-electron chi connectivity index (χ3n) is 4.95. The van der Waals surface area contributed by atoms with Gasteiger partial charge >= 0.3 is 0 Å². The van der Waals surface area contributed by atoms with Crippen LogP contribution >= 0.6 is 23.2 Å². The maximum Gasteiger partial charge on any atom is 0.292 e. The molecular weight excluding hydrogens is 449 g/mol. The van der Waals surface area contributed by atoms with Crippen molar-refractivity contribution in [3.05, 3.63) is 99.1 Å². The number of nitrogens with zero attached hydrogens (tertiary/aromatic N) is 2. The molecule has 0 aliphatic rings. The number of benzene rings is 2. The average molecular weight is 470 g/mol. The van der Waals surface area contributed by atoms with E-state index in [1.165, 1.54) is 5.56 Å². The fourth-order valence-electron chi connectivity index (χ4n) is 3.04. The van der Waals surface area contributed by atoms with Gasteiger partial charge in [-0.15, -0.1) is 0 Å². The number of nitrogens with one attached hydrogen (secondary N) is 1. The lowest BCUT2D eigenvalue weighted by atomic mass is 10.1. The van der Waals surface area contributed by atoms with Gasteiger partial charge < -0.3 is 14.5 Å². The highest BCUT2D eigenvalue weighted by Gasteiger charge is 2.16. The zero-order valence-corrected chi connectivity index (χ0v) is 19.1. The number of anilines is 1. The van der Waals surface area contributed by atoms with Gasteiger partial charge in [-0.05, 0) is 66.9 Å². The third kappa shape index (κ3) is 5.33. The first kappa shape index (κ1) is 22.0. The summed E-state index contributed by atoms with van der Waals surface area (Å²) in [6, 6.07) is 16.6. The Morgan fingerprint density at radius 2 is 1.84 bits per heavy atom. The summed E-state index contributed by atoms with van der Waals surface area (Å²) in [5, 5.41) is 8.02. The lowest BCUT2D eigenvalue weighted by molar-refractivity contribution is 0.0992. The molecule has 1 N–H and O–H groups in total. The molecule has 0 atom stereocenters. The maximum atomic E-state index is 12.6. The summed E-state index contributed by atoms with van der Waals surface area (Å²) >= 11 is 12.2. The van der Waals surface area contributed by atoms with E-state index >= 15 is 0 Å². The molecule has 0 radical (unpaired) electrons. The molecular formula is C24H21Cl2N3O3. The molecule has 0 spiro atoms. The van der Waals surface area contributed by atoms with Gasteiger partial charge in [-0.25, -0.2) is 0 Å². The van der Waals surface area contributed by atoms with Crippen LogP contribution in [-0.2, 0) is 13.2 Å². The van der Waals surface area contributed by atoms with Crippen molar-refractivity contribution >= 4 is 34.9 Å². The highest BCUT2D eigenvalue weighted by atomic mass is 35.5. The molecule has 0 saturated heterocycles. The van der Waals surface area contributed by atoms with Gasteiger partial charge in [0.1, 0.15) is 23.1 Å². The van der Waals surface area contributed by atoms with E-state index in [0.29, 0.717) is 22.4 Å². The Bertz CT molecular complexity index is 1250. The second kappa shape index (κ2) is 9.51. The number of furan rings is 1. The third-order valence-corrected chi connectivity index (χ3v) is 5.48. The Balaban J connectivity index is 1.37. The summed E-state index contributed by atoms with van der Waals surface area (Å²) in [6.45, 7) is 4.78. The van der Waals surface area contributed by atoms with Crippen molar-refractivity contribution in [2.75, 3.05) is 5.32 Å². The van der Waals surface area contributed by atoms with Crippen LogP contribution in [0.4, 0.5) is 5.82 Å². The number of aryl methyl sites for hydroxylation is 2. The van der Waals surface area contributed by atoms with Crippen molar-refractivity contribution in [1.82, 2.24) is 9.78 Å². The molecule has 4 aromatic rings. The Morgan fingerprint density at radius 3 is 2.59 bits per heavy atom. The Labute approximate surface area is 195 Å². The highest BCUT2D eigenvalue weighted by Crippen LogP contribution is 2.22.